The second kappa shape index (κ2) is 43.1. The van der Waals surface area contributed by atoms with Crippen molar-refractivity contribution < 1.29 is 155 Å². The summed E-state index contributed by atoms with van der Waals surface area (Å²) in [5.41, 5.74) is 5.47. The fourth-order valence-corrected chi connectivity index (χ4v) is 9.73. The Morgan fingerprint density at radius 1 is 0.472 bits per heavy atom. The van der Waals surface area contributed by atoms with Crippen LogP contribution in [0.25, 0.3) is 11.2 Å². The van der Waals surface area contributed by atoms with E-state index in [-0.39, 0.29) is 29.2 Å². The lowest BCUT2D eigenvalue weighted by Gasteiger charge is -2.31. The zero-order chi connectivity index (χ0) is 80.3. The first kappa shape index (κ1) is 90.6. The minimum absolute atomic E-state index is 0.00109. The van der Waals surface area contributed by atoms with Gasteiger partial charge in [-0.2, -0.15) is 17.6 Å². The molecule has 592 valence electrons. The number of aliphatic carboxylic acids is 3. The zero-order valence-electron chi connectivity index (χ0n) is 56.0. The number of nitrogens with one attached hydrogen (secondary N) is 11. The van der Waals surface area contributed by atoms with Gasteiger partial charge < -0.3 is 156 Å². The highest BCUT2D eigenvalue weighted by Gasteiger charge is 2.44. The number of hydrogen-bond donors (Lipinski definition) is 32. The number of benzene rings is 1. The normalized spacial score (nSPS) is 17.5. The van der Waals surface area contributed by atoms with Crippen molar-refractivity contribution in [2.24, 2.45) is 0 Å². The van der Waals surface area contributed by atoms with Crippen LogP contribution in [0.2, 0.25) is 0 Å². The lowest BCUT2D eigenvalue weighted by Crippen LogP contribution is -2.62. The Kier molecular flexibility index (Phi) is 36.9. The van der Waals surface area contributed by atoms with Gasteiger partial charge in [-0.15, -0.1) is 0 Å². The van der Waals surface area contributed by atoms with Crippen molar-refractivity contribution >= 4 is 107 Å². The van der Waals surface area contributed by atoms with E-state index >= 15 is 0 Å². The number of carbonyl (C=O) groups is 12. The van der Waals surface area contributed by atoms with Crippen LogP contribution in [-0.4, -0.2) is 348 Å². The van der Waals surface area contributed by atoms with Crippen molar-refractivity contribution in [2.45, 2.75) is 180 Å². The number of aliphatic hydroxyl groups is 16. The molecule has 3 rings (SSSR count). The SMILES string of the molecule is C[C@H](CC(=O)N[C@H](C(=O)N[C@@H](CS)C(=O)O)[C@@H](O)C(O)[C@H](O)CO)NC(=O)[C@@H](NC(=O)C[C@H](NC(=O)[C@@H](NC(=O)C[C@@H](C)NC(=O)[C@@H](NC(=O)CC[C@H](NC(=O)c1ccc(NCc2cnc3nc(N)[nH]c(=O)c3n2)cc1)C(=O)O)[C@@H](O)[C@H](O)[C@H](O)CO)[C@@H](O)C(O)[C@H](O)CO)C(=O)O)[C@@H](O)[C@H](O)[C@H](O)CO. The quantitative estimate of drug-likeness (QED) is 0.0234. The molecule has 32 N–H and O–H groups in total. The maximum atomic E-state index is 13.9. The van der Waals surface area contributed by atoms with E-state index in [9.17, 15) is 159 Å². The van der Waals surface area contributed by atoms with E-state index in [1.807, 2.05) is 21.3 Å². The number of carboxylic acid groups (broad SMARTS) is 3. The third-order valence-corrected chi connectivity index (χ3v) is 15.8. The van der Waals surface area contributed by atoms with Crippen molar-refractivity contribution in [1.29, 1.82) is 0 Å². The van der Waals surface area contributed by atoms with Gasteiger partial charge in [0.15, 0.2) is 11.2 Å². The number of fused-ring (bicyclic) bond motifs is 1. The van der Waals surface area contributed by atoms with Crippen LogP contribution in [0.1, 0.15) is 62.0 Å². The first-order valence-corrected chi connectivity index (χ1v) is 32.2. The molecule has 21 atom stereocenters. The van der Waals surface area contributed by atoms with Crippen LogP contribution in [0.15, 0.2) is 35.3 Å². The largest absolute Gasteiger partial charge is 0.480 e. The standard InChI is InChI=1S/C58H87N15O32S/c1-19(62-50(95)35(44(90)40(86)27(78)14-74)68-31(82)8-7-24(55(100)101)65-49(94)21-3-5-22(6-4-21)60-12-23-13-61-48-39(64-23)54(99)73-58(59)72-48)9-32(83)69-37(46(92)42(88)29(80)16-76)52(97)66-25(56(102)103)11-34(85)71-36(45(91)41(87)28(79)15-75)51(96)63-20(2)10-33(84)70-38(47(93)43(89)30(81)17-77)53(98)67-26(18-106)57(104)105/h3-6,13,19-20,24-30,35-38,40-47,60,74-81,86-93,106H,7-12,14-18H2,1-2H3,(H,62,95)(H,63,96)(H,65,94)(H,66,97)(H,67,98)(H,68,82)(H,69,83)(H,70,84)(H,71,85)(H,100,101)(H,102,103)(H,104,105)(H3,59,61,72,73,99)/t19-,20-,24+,25+,26+,27-,28-,29-,30-,35+,36+,37+,38+,40-,41-,42?,43?,44-,45-,46-,47-/m1/s1. The number of carboxylic acids is 3. The summed E-state index contributed by atoms with van der Waals surface area (Å²) in [7, 11) is 0. The van der Waals surface area contributed by atoms with Gasteiger partial charge in [-0.3, -0.25) is 52.9 Å². The fourth-order valence-electron chi connectivity index (χ4n) is 9.48. The maximum Gasteiger partial charge on any atom is 0.327 e. The fraction of sp³-hybridized carbons (Fsp3) is 0.586. The molecule has 2 heterocycles. The first-order chi connectivity index (χ1) is 49.6. The van der Waals surface area contributed by atoms with E-state index < -0.39 is 269 Å². The van der Waals surface area contributed by atoms with Gasteiger partial charge in [0.2, 0.25) is 53.2 Å². The van der Waals surface area contributed by atoms with Gasteiger partial charge in [0.1, 0.15) is 116 Å². The average Bonchev–Trinajstić information content (AvgIpc) is 0.815. The molecule has 0 aliphatic rings. The highest BCUT2D eigenvalue weighted by Crippen LogP contribution is 2.17. The highest BCUT2D eigenvalue weighted by atomic mass is 32.1. The molecule has 0 spiro atoms. The molecular formula is C58H87N15O32S. The molecule has 9 amide bonds. The van der Waals surface area contributed by atoms with Crippen LogP contribution in [0.4, 0.5) is 11.6 Å². The third-order valence-electron chi connectivity index (χ3n) is 15.4. The van der Waals surface area contributed by atoms with Crippen LogP contribution in [-0.2, 0) is 59.3 Å². The van der Waals surface area contributed by atoms with Gasteiger partial charge in [0, 0.05) is 48.3 Å². The van der Waals surface area contributed by atoms with Gasteiger partial charge in [0.05, 0.1) is 51.3 Å². The molecule has 106 heavy (non-hydrogen) atoms. The number of aliphatic hydroxyl groups excluding tert-OH is 16. The average molecular weight is 1540 g/mol. The van der Waals surface area contributed by atoms with E-state index in [1.165, 1.54) is 30.5 Å². The number of nitrogens with zero attached hydrogens (tertiary/aromatic N) is 3. The van der Waals surface area contributed by atoms with Crippen LogP contribution < -0.4 is 64.5 Å². The summed E-state index contributed by atoms with van der Waals surface area (Å²) in [6.07, 6.45) is -33.2. The summed E-state index contributed by atoms with van der Waals surface area (Å²) in [6, 6.07) is -13.7. The summed E-state index contributed by atoms with van der Waals surface area (Å²) in [4.78, 5) is 185. The number of anilines is 2. The molecule has 3 aromatic rings. The summed E-state index contributed by atoms with van der Waals surface area (Å²) in [5, 5.41) is 214. The maximum absolute atomic E-state index is 13.9. The van der Waals surface area contributed by atoms with E-state index in [1.54, 1.807) is 10.6 Å². The number of thiol groups is 1. The number of aromatic amines is 1. The summed E-state index contributed by atoms with van der Waals surface area (Å²) in [5.74, 6) is -19.3. The number of nitrogen functional groups attached to an aromatic ring is 1. The number of nitrogens with two attached hydrogens (primary N) is 1. The number of hydrogen-bond acceptors (Lipinski definition) is 35. The van der Waals surface area contributed by atoms with E-state index in [4.69, 9.17) is 5.73 Å². The Hall–Kier alpha value is -9.61. The van der Waals surface area contributed by atoms with Gasteiger partial charge in [-0.25, -0.2) is 24.4 Å². The molecular weight excluding hydrogens is 1450 g/mol. The number of rotatable bonds is 46. The molecule has 0 fully saturated rings. The van der Waals surface area contributed by atoms with Gasteiger partial charge in [0.25, 0.3) is 11.5 Å². The second-order valence-electron chi connectivity index (χ2n) is 23.8. The van der Waals surface area contributed by atoms with Gasteiger partial charge in [-0.1, -0.05) is 0 Å². The zero-order valence-corrected chi connectivity index (χ0v) is 56.9. The van der Waals surface area contributed by atoms with E-state index in [0.29, 0.717) is 11.4 Å². The monoisotopic (exact) mass is 1540 g/mol. The van der Waals surface area contributed by atoms with Crippen molar-refractivity contribution in [1.82, 2.24) is 67.8 Å². The molecule has 2 aromatic heterocycles. The Balaban J connectivity index is 1.79. The molecule has 47 nitrogen and oxygen atoms in total. The summed E-state index contributed by atoms with van der Waals surface area (Å²) in [6.45, 7) is -2.99. The molecule has 0 saturated heterocycles. The minimum atomic E-state index is -2.74. The smallest absolute Gasteiger partial charge is 0.327 e. The second-order valence-corrected chi connectivity index (χ2v) is 24.2. The predicted molar refractivity (Wildman–Crippen MR) is 354 cm³/mol. The number of carbonyl (C=O) groups excluding carboxylic acids is 9. The molecule has 2 unspecified atom stereocenters. The van der Waals surface area contributed by atoms with Crippen LogP contribution in [0, 0.1) is 0 Å². The van der Waals surface area contributed by atoms with Crippen LogP contribution >= 0.6 is 12.6 Å². The first-order valence-electron chi connectivity index (χ1n) is 31.6. The Morgan fingerprint density at radius 2 is 0.840 bits per heavy atom. The lowest BCUT2D eigenvalue weighted by atomic mass is 9.98. The lowest BCUT2D eigenvalue weighted by molar-refractivity contribution is -0.147. The molecule has 0 radical (unpaired) electrons. The van der Waals surface area contributed by atoms with Crippen molar-refractivity contribution in [3.8, 4) is 0 Å². The Bertz CT molecular complexity index is 3570. The highest BCUT2D eigenvalue weighted by molar-refractivity contribution is 7.80. The minimum Gasteiger partial charge on any atom is -0.480 e. The molecule has 1 aromatic carbocycles. The number of H-pyrrole nitrogens is 1. The Morgan fingerprint density at radius 3 is 1.22 bits per heavy atom. The predicted octanol–water partition coefficient (Wildman–Crippen LogP) is -15.6. The summed E-state index contributed by atoms with van der Waals surface area (Å²) >= 11 is 3.78. The van der Waals surface area contributed by atoms with Crippen LogP contribution in [0.3, 0.4) is 0 Å². The van der Waals surface area contributed by atoms with Crippen LogP contribution in [0.5, 0.6) is 0 Å². The van der Waals surface area contributed by atoms with Crippen molar-refractivity contribution in [2.75, 3.05) is 43.2 Å². The number of amides is 9. The van der Waals surface area contributed by atoms with E-state index in [0.717, 1.165) is 13.8 Å². The molecule has 0 bridgehead atoms. The third kappa shape index (κ3) is 27.4. The molecule has 48 heteroatoms. The van der Waals surface area contributed by atoms with E-state index in [2.05, 4.69) is 53.8 Å². The topological polar surface area (TPSA) is 807 Å². The van der Waals surface area contributed by atoms with Gasteiger partial charge >= 0.3 is 17.9 Å². The molecule has 0 aliphatic carbocycles. The van der Waals surface area contributed by atoms with Crippen molar-refractivity contribution in [3.05, 3.63) is 52.1 Å². The molecule has 0 saturated carbocycles. The molecule has 0 aliphatic heterocycles. The number of aromatic nitrogens is 4. The Labute approximate surface area is 602 Å². The summed E-state index contributed by atoms with van der Waals surface area (Å²) < 4.78 is 0. The van der Waals surface area contributed by atoms with Gasteiger partial charge in [-0.05, 0) is 44.5 Å². The van der Waals surface area contributed by atoms with Crippen molar-refractivity contribution in [3.63, 3.8) is 0 Å².